The van der Waals surface area contributed by atoms with Gasteiger partial charge in [-0.15, -0.1) is 0 Å². The number of hydrogen-bond donors (Lipinski definition) is 0. The van der Waals surface area contributed by atoms with Gasteiger partial charge in [0.25, 0.3) is 0 Å². The number of alkyl halides is 1. The summed E-state index contributed by atoms with van der Waals surface area (Å²) in [4.78, 5) is 13.0. The van der Waals surface area contributed by atoms with Crippen LogP contribution >= 0.6 is 15.9 Å². The summed E-state index contributed by atoms with van der Waals surface area (Å²) >= 11 is 3.58. The highest BCUT2D eigenvalue weighted by atomic mass is 79.9. The summed E-state index contributed by atoms with van der Waals surface area (Å²) in [5.41, 5.74) is 2.53. The van der Waals surface area contributed by atoms with Crippen LogP contribution in [0.5, 0.6) is 0 Å². The maximum Gasteiger partial charge on any atom is 0.338 e. The summed E-state index contributed by atoms with van der Waals surface area (Å²) < 4.78 is 24.6. The number of hydrogen-bond acceptors (Lipinski definition) is 5. The van der Waals surface area contributed by atoms with Crippen LogP contribution in [0.4, 0.5) is 0 Å². The lowest BCUT2D eigenvalue weighted by atomic mass is 9.99. The van der Waals surface area contributed by atoms with Gasteiger partial charge in [-0.3, -0.25) is 0 Å². The van der Waals surface area contributed by atoms with Gasteiger partial charge in [-0.25, -0.2) is 4.79 Å². The van der Waals surface area contributed by atoms with Crippen molar-refractivity contribution in [1.29, 1.82) is 0 Å². The second-order valence-corrected chi connectivity index (χ2v) is 8.85. The van der Waals surface area contributed by atoms with E-state index in [1.807, 2.05) is 85.8 Å². The van der Waals surface area contributed by atoms with Gasteiger partial charge in [0.1, 0.15) is 17.2 Å². The summed E-state index contributed by atoms with van der Waals surface area (Å²) in [6.07, 6.45) is -2.05. The quantitative estimate of drug-likeness (QED) is 0.295. The van der Waals surface area contributed by atoms with Gasteiger partial charge in [0.05, 0.1) is 24.9 Å². The van der Waals surface area contributed by atoms with Gasteiger partial charge in [0, 0.05) is 0 Å². The van der Waals surface area contributed by atoms with Crippen molar-refractivity contribution >= 4 is 21.9 Å². The van der Waals surface area contributed by atoms with Crippen LogP contribution in [0, 0.1) is 0 Å². The number of carbonyl (C=O) groups excluding carboxylic acids is 1. The Labute approximate surface area is 202 Å². The van der Waals surface area contributed by atoms with Crippen molar-refractivity contribution in [2.24, 2.45) is 0 Å². The van der Waals surface area contributed by atoms with Crippen LogP contribution in [0.2, 0.25) is 0 Å². The molecule has 3 aromatic rings. The van der Waals surface area contributed by atoms with Crippen LogP contribution in [-0.4, -0.2) is 35.4 Å². The molecular formula is C27H27BrO5. The van der Waals surface area contributed by atoms with E-state index in [4.69, 9.17) is 18.9 Å². The maximum atomic E-state index is 13.0. The topological polar surface area (TPSA) is 54.0 Å². The molecule has 1 aliphatic rings. The minimum Gasteiger partial charge on any atom is -0.453 e. The molecule has 0 saturated carbocycles. The van der Waals surface area contributed by atoms with Gasteiger partial charge < -0.3 is 18.9 Å². The van der Waals surface area contributed by atoms with Crippen LogP contribution in [0.1, 0.15) is 28.4 Å². The Bertz CT molecular complexity index is 943. The third-order valence-electron chi connectivity index (χ3n) is 5.54. The van der Waals surface area contributed by atoms with Crippen molar-refractivity contribution in [1.82, 2.24) is 0 Å². The first-order valence-electron chi connectivity index (χ1n) is 11.0. The molecule has 0 bridgehead atoms. The van der Waals surface area contributed by atoms with E-state index >= 15 is 0 Å². The predicted octanol–water partition coefficient (Wildman–Crippen LogP) is 5.52. The normalized spacial score (nSPS) is 24.8. The molecule has 1 aliphatic heterocycles. The third kappa shape index (κ3) is 6.30. The van der Waals surface area contributed by atoms with Crippen molar-refractivity contribution < 1.29 is 23.7 Å². The van der Waals surface area contributed by atoms with Gasteiger partial charge in [0.2, 0.25) is 0 Å². The van der Waals surface area contributed by atoms with Crippen molar-refractivity contribution in [3.8, 4) is 0 Å². The molecular weight excluding hydrogens is 484 g/mol. The van der Waals surface area contributed by atoms with E-state index in [1.54, 1.807) is 12.1 Å². The molecule has 1 heterocycles. The van der Waals surface area contributed by atoms with Crippen molar-refractivity contribution in [2.45, 2.75) is 49.6 Å². The number of esters is 1. The first kappa shape index (κ1) is 23.6. The van der Waals surface area contributed by atoms with E-state index in [2.05, 4.69) is 15.9 Å². The second-order valence-electron chi connectivity index (χ2n) is 7.95. The molecule has 0 aliphatic carbocycles. The highest BCUT2D eigenvalue weighted by Gasteiger charge is 2.47. The standard InChI is InChI=1S/C27H27BrO5/c1-19-23(30-17-20-11-5-2-6-12-20)24(33-27(29)22-15-9-4-10-16-22)25(26(28)32-19)31-18-21-13-7-3-8-14-21/h2-16,19,23-26H,17-18H2,1H3/t19-,23+,24+,25-,26?/m0/s1. The fourth-order valence-electron chi connectivity index (χ4n) is 3.80. The molecule has 1 unspecified atom stereocenters. The van der Waals surface area contributed by atoms with Crippen LogP contribution in [0.15, 0.2) is 91.0 Å². The van der Waals surface area contributed by atoms with Crippen LogP contribution in [0.3, 0.4) is 0 Å². The molecule has 4 rings (SSSR count). The van der Waals surface area contributed by atoms with Crippen molar-refractivity contribution in [3.05, 3.63) is 108 Å². The molecule has 0 N–H and O–H groups in total. The molecule has 3 aromatic carbocycles. The van der Waals surface area contributed by atoms with E-state index in [0.29, 0.717) is 18.8 Å². The Morgan fingerprint density at radius 2 is 1.24 bits per heavy atom. The lowest BCUT2D eigenvalue weighted by molar-refractivity contribution is -0.225. The number of rotatable bonds is 8. The highest BCUT2D eigenvalue weighted by Crippen LogP contribution is 2.32. The monoisotopic (exact) mass is 510 g/mol. The van der Waals surface area contributed by atoms with Gasteiger partial charge in [-0.2, -0.15) is 0 Å². The second kappa shape index (κ2) is 11.6. The Balaban J connectivity index is 1.55. The average molecular weight is 511 g/mol. The fourth-order valence-corrected chi connectivity index (χ4v) is 4.59. The maximum absolute atomic E-state index is 13.0. The summed E-state index contributed by atoms with van der Waals surface area (Å²) in [6.45, 7) is 2.65. The van der Waals surface area contributed by atoms with E-state index in [0.717, 1.165) is 11.1 Å². The molecule has 33 heavy (non-hydrogen) atoms. The predicted molar refractivity (Wildman–Crippen MR) is 129 cm³/mol. The molecule has 172 valence electrons. The van der Waals surface area contributed by atoms with Gasteiger partial charge in [-0.1, -0.05) is 94.8 Å². The number of halogens is 1. The van der Waals surface area contributed by atoms with Gasteiger partial charge >= 0.3 is 5.97 Å². The van der Waals surface area contributed by atoms with E-state index in [-0.39, 0.29) is 6.10 Å². The Hall–Kier alpha value is -2.51. The minimum atomic E-state index is -0.668. The summed E-state index contributed by atoms with van der Waals surface area (Å²) in [5.74, 6) is -0.420. The number of carbonyl (C=O) groups is 1. The molecule has 0 aromatic heterocycles. The largest absolute Gasteiger partial charge is 0.453 e. The molecule has 5 nitrogen and oxygen atoms in total. The zero-order valence-electron chi connectivity index (χ0n) is 18.4. The third-order valence-corrected chi connectivity index (χ3v) is 6.27. The molecule has 1 fully saturated rings. The highest BCUT2D eigenvalue weighted by molar-refractivity contribution is 9.09. The van der Waals surface area contributed by atoms with Crippen LogP contribution in [-0.2, 0) is 32.2 Å². The molecule has 5 atom stereocenters. The molecule has 0 amide bonds. The summed E-state index contributed by atoms with van der Waals surface area (Å²) in [6, 6.07) is 28.7. The summed E-state index contributed by atoms with van der Waals surface area (Å²) in [5, 5.41) is -0.457. The molecule has 0 spiro atoms. The van der Waals surface area contributed by atoms with Crippen molar-refractivity contribution in [2.75, 3.05) is 0 Å². The zero-order chi connectivity index (χ0) is 23.0. The van der Waals surface area contributed by atoms with E-state index in [1.165, 1.54) is 0 Å². The Kier molecular flexibility index (Phi) is 8.29. The fraction of sp³-hybridized carbons (Fsp3) is 0.296. The van der Waals surface area contributed by atoms with E-state index in [9.17, 15) is 4.79 Å². The minimum absolute atomic E-state index is 0.316. The van der Waals surface area contributed by atoms with Gasteiger partial charge in [0.15, 0.2) is 6.10 Å². The van der Waals surface area contributed by atoms with Gasteiger partial charge in [-0.05, 0) is 30.2 Å². The smallest absolute Gasteiger partial charge is 0.338 e. The SMILES string of the molecule is C[C@@H]1OC(Br)[C@@H](OCc2ccccc2)[C@H](OC(=O)c2ccccc2)[C@@H]1OCc1ccccc1. The average Bonchev–Trinajstić information content (AvgIpc) is 2.85. The summed E-state index contributed by atoms with van der Waals surface area (Å²) in [7, 11) is 0. The van der Waals surface area contributed by atoms with Crippen LogP contribution in [0.25, 0.3) is 0 Å². The lowest BCUT2D eigenvalue weighted by Crippen LogP contribution is -2.58. The number of ether oxygens (including phenoxy) is 4. The molecule has 0 radical (unpaired) electrons. The first-order chi connectivity index (χ1) is 16.1. The zero-order valence-corrected chi connectivity index (χ0v) is 20.0. The Morgan fingerprint density at radius 3 is 1.79 bits per heavy atom. The molecule has 6 heteroatoms. The van der Waals surface area contributed by atoms with Crippen LogP contribution < -0.4 is 0 Å². The lowest BCUT2D eigenvalue weighted by Gasteiger charge is -2.43. The Morgan fingerprint density at radius 1 is 0.758 bits per heavy atom. The van der Waals surface area contributed by atoms with E-state index < -0.39 is 29.3 Å². The first-order valence-corrected chi connectivity index (χ1v) is 11.9. The van der Waals surface area contributed by atoms with Crippen molar-refractivity contribution in [3.63, 3.8) is 0 Å². The molecule has 1 saturated heterocycles. The number of benzene rings is 3.